The van der Waals surface area contributed by atoms with Gasteiger partial charge in [0.1, 0.15) is 11.8 Å². The lowest BCUT2D eigenvalue weighted by molar-refractivity contribution is 0.268. The van der Waals surface area contributed by atoms with E-state index in [9.17, 15) is 0 Å². The van der Waals surface area contributed by atoms with Crippen LogP contribution in [0.5, 0.6) is 5.75 Å². The van der Waals surface area contributed by atoms with Crippen molar-refractivity contribution in [3.8, 4) is 11.8 Å². The maximum absolute atomic E-state index is 8.84. The Bertz CT molecular complexity index is 411. The maximum Gasteiger partial charge on any atom is 0.125 e. The second kappa shape index (κ2) is 3.60. The normalized spacial score (nSPS) is 19.4. The van der Waals surface area contributed by atoms with Crippen LogP contribution in [0.4, 0.5) is 0 Å². The van der Waals surface area contributed by atoms with Gasteiger partial charge >= 0.3 is 0 Å². The number of ether oxygens (including phenoxy) is 1. The lowest BCUT2D eigenvalue weighted by Gasteiger charge is -2.24. The molecule has 0 amide bonds. The first-order valence-electron chi connectivity index (χ1n) is 4.35. The minimum atomic E-state index is -0.0403. The molecule has 1 aromatic carbocycles. The van der Waals surface area contributed by atoms with Crippen LogP contribution < -0.4 is 10.5 Å². The van der Waals surface area contributed by atoms with Crippen LogP contribution in [0.2, 0.25) is 0 Å². The lowest BCUT2D eigenvalue weighted by atomic mass is 9.99. The molecule has 4 heteroatoms. The van der Waals surface area contributed by atoms with Gasteiger partial charge in [-0.2, -0.15) is 5.26 Å². The average molecular weight is 253 g/mol. The zero-order valence-corrected chi connectivity index (χ0v) is 9.04. The molecule has 0 saturated carbocycles. The molecule has 1 aliphatic rings. The quantitative estimate of drug-likeness (QED) is 0.770. The van der Waals surface area contributed by atoms with Crippen molar-refractivity contribution in [1.82, 2.24) is 0 Å². The monoisotopic (exact) mass is 252 g/mol. The van der Waals surface area contributed by atoms with Crippen molar-refractivity contribution in [2.45, 2.75) is 12.5 Å². The molecule has 0 unspecified atom stereocenters. The Hall–Kier alpha value is -1.05. The molecule has 2 N–H and O–H groups in total. The predicted octanol–water partition coefficient (Wildman–Crippen LogP) is 2.10. The summed E-state index contributed by atoms with van der Waals surface area (Å²) in [5.74, 6) is 0.787. The van der Waals surface area contributed by atoms with Crippen LogP contribution in [-0.2, 0) is 0 Å². The topological polar surface area (TPSA) is 59.0 Å². The van der Waals surface area contributed by atoms with E-state index in [0.29, 0.717) is 12.2 Å². The highest BCUT2D eigenvalue weighted by atomic mass is 79.9. The van der Waals surface area contributed by atoms with Crippen LogP contribution in [-0.4, -0.2) is 6.61 Å². The summed E-state index contributed by atoms with van der Waals surface area (Å²) >= 11 is 3.39. The molecule has 0 aliphatic carbocycles. The van der Waals surface area contributed by atoms with Crippen molar-refractivity contribution in [1.29, 1.82) is 5.26 Å². The van der Waals surface area contributed by atoms with Crippen molar-refractivity contribution in [3.63, 3.8) is 0 Å². The molecular weight excluding hydrogens is 244 g/mol. The number of nitriles is 1. The summed E-state index contributed by atoms with van der Waals surface area (Å²) in [5.41, 5.74) is 7.47. The number of nitrogens with two attached hydrogens (primary N) is 1. The van der Waals surface area contributed by atoms with Crippen LogP contribution in [0.1, 0.15) is 23.6 Å². The Morgan fingerprint density at radius 1 is 1.57 bits per heavy atom. The van der Waals surface area contributed by atoms with Crippen molar-refractivity contribution in [2.75, 3.05) is 6.61 Å². The fraction of sp³-hybridized carbons (Fsp3) is 0.300. The van der Waals surface area contributed by atoms with E-state index in [4.69, 9.17) is 15.7 Å². The van der Waals surface area contributed by atoms with Gasteiger partial charge < -0.3 is 10.5 Å². The molecule has 0 aromatic heterocycles. The average Bonchev–Trinajstić information content (AvgIpc) is 2.18. The lowest BCUT2D eigenvalue weighted by Crippen LogP contribution is -2.21. The number of hydrogen-bond donors (Lipinski definition) is 1. The molecule has 14 heavy (non-hydrogen) atoms. The predicted molar refractivity (Wildman–Crippen MR) is 55.9 cm³/mol. The molecule has 1 aromatic rings. The standard InChI is InChI=1S/C10H9BrN2O/c11-10-6(5-12)1-2-8-9(10)7(13)3-4-14-8/h1-2,7H,3-4,13H2/t7-/m1/s1. The molecule has 2 rings (SSSR count). The third-order valence-electron chi connectivity index (χ3n) is 2.32. The Morgan fingerprint density at radius 2 is 2.36 bits per heavy atom. The zero-order valence-electron chi connectivity index (χ0n) is 7.46. The summed E-state index contributed by atoms with van der Waals surface area (Å²) in [4.78, 5) is 0. The van der Waals surface area contributed by atoms with Gasteiger partial charge in [0, 0.05) is 22.5 Å². The van der Waals surface area contributed by atoms with Gasteiger partial charge in [-0.3, -0.25) is 0 Å². The van der Waals surface area contributed by atoms with Crippen molar-refractivity contribution < 1.29 is 4.74 Å². The van der Waals surface area contributed by atoms with E-state index >= 15 is 0 Å². The van der Waals surface area contributed by atoms with E-state index in [1.165, 1.54) is 0 Å². The Labute approximate surface area is 90.6 Å². The molecule has 0 radical (unpaired) electrons. The minimum absolute atomic E-state index is 0.0403. The summed E-state index contributed by atoms with van der Waals surface area (Å²) in [6, 6.07) is 5.61. The van der Waals surface area contributed by atoms with Gasteiger partial charge in [0.15, 0.2) is 0 Å². The highest BCUT2D eigenvalue weighted by molar-refractivity contribution is 9.10. The SMILES string of the molecule is N#Cc1ccc2c(c1Br)[C@H](N)CCO2. The van der Waals surface area contributed by atoms with Gasteiger partial charge in [-0.15, -0.1) is 0 Å². The maximum atomic E-state index is 8.84. The first kappa shape index (κ1) is 9.50. The number of halogens is 1. The smallest absolute Gasteiger partial charge is 0.125 e. The second-order valence-electron chi connectivity index (χ2n) is 3.19. The van der Waals surface area contributed by atoms with Crippen LogP contribution in [0.25, 0.3) is 0 Å². The summed E-state index contributed by atoms with van der Waals surface area (Å²) in [7, 11) is 0. The molecule has 1 atom stereocenters. The first-order valence-corrected chi connectivity index (χ1v) is 5.14. The van der Waals surface area contributed by atoms with Crippen LogP contribution >= 0.6 is 15.9 Å². The molecule has 0 bridgehead atoms. The fourth-order valence-electron chi connectivity index (χ4n) is 1.57. The van der Waals surface area contributed by atoms with Gasteiger partial charge in [0.25, 0.3) is 0 Å². The Kier molecular flexibility index (Phi) is 2.44. The van der Waals surface area contributed by atoms with Gasteiger partial charge in [0.05, 0.1) is 12.2 Å². The molecule has 1 aliphatic heterocycles. The number of fused-ring (bicyclic) bond motifs is 1. The van der Waals surface area contributed by atoms with Crippen molar-refractivity contribution in [3.05, 3.63) is 27.7 Å². The third-order valence-corrected chi connectivity index (χ3v) is 3.17. The summed E-state index contributed by atoms with van der Waals surface area (Å²) < 4.78 is 6.22. The van der Waals surface area contributed by atoms with Gasteiger partial charge in [0.2, 0.25) is 0 Å². The molecule has 1 heterocycles. The number of hydrogen-bond acceptors (Lipinski definition) is 3. The number of rotatable bonds is 0. The van der Waals surface area contributed by atoms with Gasteiger partial charge in [-0.05, 0) is 28.1 Å². The fourth-order valence-corrected chi connectivity index (χ4v) is 2.28. The van der Waals surface area contributed by atoms with E-state index in [1.807, 2.05) is 0 Å². The second-order valence-corrected chi connectivity index (χ2v) is 3.99. The van der Waals surface area contributed by atoms with Crippen LogP contribution in [0, 0.1) is 11.3 Å². The van der Waals surface area contributed by atoms with Crippen LogP contribution in [0.3, 0.4) is 0 Å². The molecule has 0 spiro atoms. The van der Waals surface area contributed by atoms with Gasteiger partial charge in [-0.1, -0.05) is 0 Å². The largest absolute Gasteiger partial charge is 0.493 e. The highest BCUT2D eigenvalue weighted by Crippen LogP contribution is 2.37. The first-order chi connectivity index (χ1) is 6.74. The molecule has 0 fully saturated rings. The Balaban J connectivity index is 2.61. The summed E-state index contributed by atoms with van der Waals surface area (Å²) in [6.07, 6.45) is 0.792. The zero-order chi connectivity index (χ0) is 10.1. The van der Waals surface area contributed by atoms with E-state index in [2.05, 4.69) is 22.0 Å². The van der Waals surface area contributed by atoms with Gasteiger partial charge in [-0.25, -0.2) is 0 Å². The van der Waals surface area contributed by atoms with E-state index < -0.39 is 0 Å². The number of benzene rings is 1. The van der Waals surface area contributed by atoms with E-state index in [1.54, 1.807) is 12.1 Å². The molecule has 3 nitrogen and oxygen atoms in total. The third kappa shape index (κ3) is 1.39. The Morgan fingerprint density at radius 3 is 3.07 bits per heavy atom. The molecular formula is C10H9BrN2O. The van der Waals surface area contributed by atoms with Crippen LogP contribution in [0.15, 0.2) is 16.6 Å². The van der Waals surface area contributed by atoms with E-state index in [0.717, 1.165) is 22.2 Å². The molecule has 72 valence electrons. The van der Waals surface area contributed by atoms with E-state index in [-0.39, 0.29) is 6.04 Å². The highest BCUT2D eigenvalue weighted by Gasteiger charge is 2.22. The molecule has 0 saturated heterocycles. The van der Waals surface area contributed by atoms with Crippen molar-refractivity contribution in [2.24, 2.45) is 5.73 Å². The summed E-state index contributed by atoms with van der Waals surface area (Å²) in [6.45, 7) is 0.645. The summed E-state index contributed by atoms with van der Waals surface area (Å²) in [5, 5.41) is 8.84. The number of nitrogens with zero attached hydrogens (tertiary/aromatic N) is 1. The van der Waals surface area contributed by atoms with Crippen molar-refractivity contribution >= 4 is 15.9 Å². The minimum Gasteiger partial charge on any atom is -0.493 e.